The molecule has 0 spiro atoms. The van der Waals surface area contributed by atoms with E-state index >= 15 is 0 Å². The van der Waals surface area contributed by atoms with Crippen LogP contribution in [-0.4, -0.2) is 23.6 Å². The molecule has 0 radical (unpaired) electrons. The van der Waals surface area contributed by atoms with Crippen LogP contribution in [0.1, 0.15) is 45.4 Å². The molecule has 1 rings (SSSR count). The predicted octanol–water partition coefficient (Wildman–Crippen LogP) is 3.65. The third-order valence-corrected chi connectivity index (χ3v) is 5.36. The van der Waals surface area contributed by atoms with Crippen LogP contribution in [0.5, 0.6) is 0 Å². The van der Waals surface area contributed by atoms with Crippen molar-refractivity contribution in [1.29, 1.82) is 0 Å². The van der Waals surface area contributed by atoms with Gasteiger partial charge in [0.05, 0.1) is 6.61 Å². The molecule has 0 bridgehead atoms. The average Bonchev–Trinajstić information content (AvgIpc) is 2.74. The van der Waals surface area contributed by atoms with Crippen molar-refractivity contribution in [3.8, 4) is 0 Å². The number of ether oxygens (including phenoxy) is 1. The van der Waals surface area contributed by atoms with E-state index in [0.29, 0.717) is 13.0 Å². The van der Waals surface area contributed by atoms with Crippen molar-refractivity contribution in [3.05, 3.63) is 0 Å². The Balaban J connectivity index is 1.89. The third-order valence-electron chi connectivity index (χ3n) is 2.35. The Labute approximate surface area is 100 Å². The maximum absolute atomic E-state index is 11.2. The van der Waals surface area contributed by atoms with Gasteiger partial charge in [0.15, 0.2) is 0 Å². The standard InChI is InChI=1S/C11H20O2S2/c1-2-8-13-11(12)6-4-3-5-10-7-9-14-15-10/h10H,2-9H2,1H3/t10-/m1/s1. The van der Waals surface area contributed by atoms with Gasteiger partial charge in [-0.05, 0) is 25.7 Å². The van der Waals surface area contributed by atoms with Crippen molar-refractivity contribution in [2.75, 3.05) is 12.4 Å². The summed E-state index contributed by atoms with van der Waals surface area (Å²) in [6.45, 7) is 2.59. The van der Waals surface area contributed by atoms with Crippen LogP contribution in [0.15, 0.2) is 0 Å². The zero-order valence-electron chi connectivity index (χ0n) is 9.37. The number of hydrogen-bond donors (Lipinski definition) is 0. The molecule has 0 saturated carbocycles. The molecular formula is C11H20O2S2. The van der Waals surface area contributed by atoms with E-state index in [1.165, 1.54) is 25.0 Å². The summed E-state index contributed by atoms with van der Waals surface area (Å²) in [6.07, 6.45) is 6.28. The lowest BCUT2D eigenvalue weighted by Gasteiger charge is -2.06. The molecule has 1 fully saturated rings. The van der Waals surface area contributed by atoms with Crippen LogP contribution in [0.3, 0.4) is 0 Å². The lowest BCUT2D eigenvalue weighted by atomic mass is 10.1. The van der Waals surface area contributed by atoms with E-state index in [9.17, 15) is 4.79 Å². The molecule has 15 heavy (non-hydrogen) atoms. The first-order chi connectivity index (χ1) is 7.33. The SMILES string of the molecule is CCCOC(=O)CCCC[C@@H]1CCSS1. The molecule has 0 unspecified atom stereocenters. The van der Waals surface area contributed by atoms with Crippen LogP contribution >= 0.6 is 21.6 Å². The molecule has 1 aliphatic heterocycles. The first kappa shape index (κ1) is 13.2. The lowest BCUT2D eigenvalue weighted by Crippen LogP contribution is -2.05. The van der Waals surface area contributed by atoms with Crippen molar-refractivity contribution in [3.63, 3.8) is 0 Å². The minimum atomic E-state index is -0.0229. The van der Waals surface area contributed by atoms with Gasteiger partial charge in [-0.1, -0.05) is 34.9 Å². The van der Waals surface area contributed by atoms with E-state index in [1.807, 2.05) is 28.5 Å². The summed E-state index contributed by atoms with van der Waals surface area (Å²) in [7, 11) is 4.00. The Bertz CT molecular complexity index is 179. The Morgan fingerprint density at radius 2 is 2.33 bits per heavy atom. The number of carbonyl (C=O) groups excluding carboxylic acids is 1. The molecule has 88 valence electrons. The van der Waals surface area contributed by atoms with E-state index in [4.69, 9.17) is 4.74 Å². The van der Waals surface area contributed by atoms with Crippen molar-refractivity contribution in [2.45, 2.75) is 50.7 Å². The Morgan fingerprint density at radius 1 is 1.47 bits per heavy atom. The van der Waals surface area contributed by atoms with Gasteiger partial charge in [-0.2, -0.15) is 0 Å². The van der Waals surface area contributed by atoms with Crippen LogP contribution in [0.25, 0.3) is 0 Å². The van der Waals surface area contributed by atoms with Gasteiger partial charge in [0.1, 0.15) is 0 Å². The van der Waals surface area contributed by atoms with E-state index < -0.39 is 0 Å². The molecular weight excluding hydrogens is 228 g/mol. The molecule has 4 heteroatoms. The fourth-order valence-electron chi connectivity index (χ4n) is 1.49. The molecule has 0 N–H and O–H groups in total. The van der Waals surface area contributed by atoms with Gasteiger partial charge in [-0.3, -0.25) is 4.79 Å². The van der Waals surface area contributed by atoms with Crippen LogP contribution in [0.2, 0.25) is 0 Å². The van der Waals surface area contributed by atoms with Crippen molar-refractivity contribution < 1.29 is 9.53 Å². The van der Waals surface area contributed by atoms with Crippen molar-refractivity contribution in [2.24, 2.45) is 0 Å². The van der Waals surface area contributed by atoms with Crippen LogP contribution < -0.4 is 0 Å². The van der Waals surface area contributed by atoms with Gasteiger partial charge in [0.25, 0.3) is 0 Å². The largest absolute Gasteiger partial charge is 0.466 e. The number of unbranched alkanes of at least 4 members (excludes halogenated alkanes) is 1. The lowest BCUT2D eigenvalue weighted by molar-refractivity contribution is -0.143. The Hall–Kier alpha value is 0.170. The molecule has 0 aromatic rings. The van der Waals surface area contributed by atoms with E-state index in [-0.39, 0.29) is 5.97 Å². The molecule has 1 saturated heterocycles. The topological polar surface area (TPSA) is 26.3 Å². The summed E-state index contributed by atoms with van der Waals surface area (Å²) in [4.78, 5) is 11.2. The maximum Gasteiger partial charge on any atom is 0.305 e. The van der Waals surface area contributed by atoms with E-state index in [0.717, 1.165) is 18.1 Å². The zero-order chi connectivity index (χ0) is 10.9. The Kier molecular flexibility index (Phi) is 7.36. The quantitative estimate of drug-likeness (QED) is 0.390. The number of hydrogen-bond acceptors (Lipinski definition) is 4. The van der Waals surface area contributed by atoms with Gasteiger partial charge in [0.2, 0.25) is 0 Å². The van der Waals surface area contributed by atoms with Crippen LogP contribution in [-0.2, 0) is 9.53 Å². The normalized spacial score (nSPS) is 20.5. The Morgan fingerprint density at radius 3 is 3.00 bits per heavy atom. The summed E-state index contributed by atoms with van der Waals surface area (Å²) in [5, 5.41) is 0.835. The molecule has 0 aromatic heterocycles. The molecule has 2 nitrogen and oxygen atoms in total. The molecule has 0 aliphatic carbocycles. The second-order valence-corrected chi connectivity index (χ2v) is 6.58. The predicted molar refractivity (Wildman–Crippen MR) is 68.2 cm³/mol. The highest BCUT2D eigenvalue weighted by molar-refractivity contribution is 8.77. The second kappa shape index (κ2) is 8.34. The highest BCUT2D eigenvalue weighted by Crippen LogP contribution is 2.39. The van der Waals surface area contributed by atoms with Crippen LogP contribution in [0, 0.1) is 0 Å². The third kappa shape index (κ3) is 6.36. The summed E-state index contributed by atoms with van der Waals surface area (Å²) >= 11 is 0. The summed E-state index contributed by atoms with van der Waals surface area (Å²) in [5.74, 6) is 1.28. The fourth-order valence-corrected chi connectivity index (χ4v) is 4.52. The van der Waals surface area contributed by atoms with Crippen molar-refractivity contribution in [1.82, 2.24) is 0 Å². The molecule has 1 heterocycles. The summed E-state index contributed by atoms with van der Waals surface area (Å²) < 4.78 is 5.01. The van der Waals surface area contributed by atoms with Crippen molar-refractivity contribution >= 4 is 27.6 Å². The minimum Gasteiger partial charge on any atom is -0.466 e. The highest BCUT2D eigenvalue weighted by Gasteiger charge is 2.15. The molecule has 1 aliphatic rings. The zero-order valence-corrected chi connectivity index (χ0v) is 11.0. The number of carbonyl (C=O) groups is 1. The van der Waals surface area contributed by atoms with Gasteiger partial charge >= 0.3 is 5.97 Å². The summed E-state index contributed by atoms with van der Waals surface area (Å²) in [5.41, 5.74) is 0. The first-order valence-electron chi connectivity index (χ1n) is 5.77. The first-order valence-corrected chi connectivity index (χ1v) is 8.15. The van der Waals surface area contributed by atoms with Gasteiger partial charge in [-0.15, -0.1) is 0 Å². The fraction of sp³-hybridized carbons (Fsp3) is 0.909. The summed E-state index contributed by atoms with van der Waals surface area (Å²) in [6, 6.07) is 0. The second-order valence-electron chi connectivity index (χ2n) is 3.80. The van der Waals surface area contributed by atoms with Crippen LogP contribution in [0.4, 0.5) is 0 Å². The van der Waals surface area contributed by atoms with E-state index in [2.05, 4.69) is 0 Å². The van der Waals surface area contributed by atoms with Gasteiger partial charge in [-0.25, -0.2) is 0 Å². The van der Waals surface area contributed by atoms with Gasteiger partial charge < -0.3 is 4.74 Å². The minimum absolute atomic E-state index is 0.0229. The smallest absolute Gasteiger partial charge is 0.305 e. The molecule has 0 aromatic carbocycles. The molecule has 0 amide bonds. The highest BCUT2D eigenvalue weighted by atomic mass is 33.1. The monoisotopic (exact) mass is 248 g/mol. The average molecular weight is 248 g/mol. The van der Waals surface area contributed by atoms with Gasteiger partial charge in [0, 0.05) is 17.4 Å². The maximum atomic E-state index is 11.2. The number of rotatable bonds is 7. The van der Waals surface area contributed by atoms with E-state index in [1.54, 1.807) is 0 Å². The number of esters is 1. The molecule has 1 atom stereocenters.